The topological polar surface area (TPSA) is 75.6 Å². The van der Waals surface area contributed by atoms with Crippen LogP contribution in [0.15, 0.2) is 24.3 Å². The molecule has 0 radical (unpaired) electrons. The van der Waals surface area contributed by atoms with Crippen molar-refractivity contribution in [3.05, 3.63) is 41.0 Å². The van der Waals surface area contributed by atoms with Crippen LogP contribution in [0.5, 0.6) is 0 Å². The number of aliphatic hydroxyl groups excluding tert-OH is 1. The Morgan fingerprint density at radius 1 is 1.25 bits per heavy atom. The normalized spacial score (nSPS) is 10.6. The van der Waals surface area contributed by atoms with Gasteiger partial charge in [0.05, 0.1) is 13.2 Å². The molecule has 0 saturated heterocycles. The predicted octanol–water partition coefficient (Wildman–Crippen LogP) is 1.85. The fourth-order valence-electron chi connectivity index (χ4n) is 1.75. The van der Waals surface area contributed by atoms with Crippen molar-refractivity contribution in [2.75, 3.05) is 11.9 Å². The molecule has 0 spiro atoms. The number of carbonyl (C=O) groups is 2. The van der Waals surface area contributed by atoms with Gasteiger partial charge < -0.3 is 15.2 Å². The molecule has 1 aromatic carbocycles. The first-order chi connectivity index (χ1) is 9.49. The highest BCUT2D eigenvalue weighted by Gasteiger charge is 2.10. The SMILES string of the molecule is CCOC(=O)/C=C/C(=O)Nc1c(C)ccc(C)c1CO. The van der Waals surface area contributed by atoms with Crippen LogP contribution in [0, 0.1) is 13.8 Å². The Bertz CT molecular complexity index is 535. The van der Waals surface area contributed by atoms with Gasteiger partial charge in [-0.3, -0.25) is 4.79 Å². The highest BCUT2D eigenvalue weighted by molar-refractivity contribution is 6.03. The number of anilines is 1. The molecule has 0 heterocycles. The van der Waals surface area contributed by atoms with Crippen LogP contribution in [0.2, 0.25) is 0 Å². The number of nitrogens with one attached hydrogen (secondary N) is 1. The fourth-order valence-corrected chi connectivity index (χ4v) is 1.75. The molecular weight excluding hydrogens is 258 g/mol. The van der Waals surface area contributed by atoms with Gasteiger partial charge in [0, 0.05) is 23.4 Å². The van der Waals surface area contributed by atoms with Gasteiger partial charge in [0.2, 0.25) is 5.91 Å². The third-order valence-electron chi connectivity index (χ3n) is 2.82. The summed E-state index contributed by atoms with van der Waals surface area (Å²) in [6.07, 6.45) is 2.18. The van der Waals surface area contributed by atoms with E-state index in [0.29, 0.717) is 11.3 Å². The molecular formula is C15H19NO4. The zero-order valence-corrected chi connectivity index (χ0v) is 11.9. The summed E-state index contributed by atoms with van der Waals surface area (Å²) in [5.74, 6) is -1.01. The second kappa shape index (κ2) is 7.45. The molecule has 0 fully saturated rings. The maximum Gasteiger partial charge on any atom is 0.330 e. The van der Waals surface area contributed by atoms with Crippen molar-refractivity contribution in [3.63, 3.8) is 0 Å². The van der Waals surface area contributed by atoms with Gasteiger partial charge in [-0.05, 0) is 31.9 Å². The van der Waals surface area contributed by atoms with Crippen molar-refractivity contribution in [3.8, 4) is 0 Å². The fraction of sp³-hybridized carbons (Fsp3) is 0.333. The summed E-state index contributed by atoms with van der Waals surface area (Å²) in [6, 6.07) is 3.74. The summed E-state index contributed by atoms with van der Waals surface area (Å²) < 4.78 is 4.68. The van der Waals surface area contributed by atoms with E-state index in [1.165, 1.54) is 0 Å². The van der Waals surface area contributed by atoms with Crippen LogP contribution >= 0.6 is 0 Å². The number of esters is 1. The molecule has 0 aliphatic rings. The minimum Gasteiger partial charge on any atom is -0.463 e. The van der Waals surface area contributed by atoms with Gasteiger partial charge in [-0.15, -0.1) is 0 Å². The van der Waals surface area contributed by atoms with Crippen LogP contribution in [0.4, 0.5) is 5.69 Å². The Balaban J connectivity index is 2.86. The Morgan fingerprint density at radius 2 is 1.90 bits per heavy atom. The van der Waals surface area contributed by atoms with Crippen LogP contribution in [-0.4, -0.2) is 23.6 Å². The van der Waals surface area contributed by atoms with Gasteiger partial charge in [0.1, 0.15) is 0 Å². The summed E-state index contributed by atoms with van der Waals surface area (Å²) >= 11 is 0. The average Bonchev–Trinajstić information content (AvgIpc) is 2.41. The highest BCUT2D eigenvalue weighted by Crippen LogP contribution is 2.24. The van der Waals surface area contributed by atoms with E-state index in [9.17, 15) is 14.7 Å². The number of rotatable bonds is 5. The highest BCUT2D eigenvalue weighted by atomic mass is 16.5. The van der Waals surface area contributed by atoms with Gasteiger partial charge in [-0.25, -0.2) is 4.79 Å². The molecule has 0 aliphatic carbocycles. The average molecular weight is 277 g/mol. The second-order valence-corrected chi connectivity index (χ2v) is 4.29. The molecule has 20 heavy (non-hydrogen) atoms. The van der Waals surface area contributed by atoms with Crippen LogP contribution in [0.3, 0.4) is 0 Å². The van der Waals surface area contributed by atoms with Gasteiger partial charge in [-0.2, -0.15) is 0 Å². The van der Waals surface area contributed by atoms with E-state index in [0.717, 1.165) is 23.3 Å². The van der Waals surface area contributed by atoms with E-state index in [-0.39, 0.29) is 13.2 Å². The number of aryl methyl sites for hydroxylation is 2. The Labute approximate surface area is 118 Å². The number of benzene rings is 1. The summed E-state index contributed by atoms with van der Waals surface area (Å²) in [4.78, 5) is 22.9. The zero-order chi connectivity index (χ0) is 15.1. The molecule has 0 atom stereocenters. The van der Waals surface area contributed by atoms with E-state index >= 15 is 0 Å². The summed E-state index contributed by atoms with van der Waals surface area (Å²) in [5.41, 5.74) is 2.98. The maximum atomic E-state index is 11.8. The number of hydrogen-bond donors (Lipinski definition) is 2. The molecule has 1 aromatic rings. The van der Waals surface area contributed by atoms with Crippen molar-refractivity contribution in [1.82, 2.24) is 0 Å². The van der Waals surface area contributed by atoms with Crippen LogP contribution < -0.4 is 5.32 Å². The standard InChI is InChI=1S/C15H19NO4/c1-4-20-14(19)8-7-13(18)16-15-11(3)6-5-10(2)12(15)9-17/h5-8,17H,4,9H2,1-3H3,(H,16,18)/b8-7+. The lowest BCUT2D eigenvalue weighted by molar-refractivity contribution is -0.137. The number of aliphatic hydroxyl groups is 1. The molecule has 5 nitrogen and oxygen atoms in total. The third kappa shape index (κ3) is 4.20. The van der Waals surface area contributed by atoms with Crippen molar-refractivity contribution in [1.29, 1.82) is 0 Å². The van der Waals surface area contributed by atoms with Crippen molar-refractivity contribution < 1.29 is 19.4 Å². The number of carbonyl (C=O) groups excluding carboxylic acids is 2. The Morgan fingerprint density at radius 3 is 2.50 bits per heavy atom. The lowest BCUT2D eigenvalue weighted by Crippen LogP contribution is -2.13. The molecule has 0 bridgehead atoms. The van der Waals surface area contributed by atoms with Gasteiger partial charge in [-0.1, -0.05) is 12.1 Å². The molecule has 2 N–H and O–H groups in total. The minimum atomic E-state index is -0.564. The first kappa shape index (κ1) is 15.9. The Kier molecular flexibility index (Phi) is 5.93. The third-order valence-corrected chi connectivity index (χ3v) is 2.82. The van der Waals surface area contributed by atoms with Crippen molar-refractivity contribution in [2.24, 2.45) is 0 Å². The van der Waals surface area contributed by atoms with Crippen LogP contribution in [0.1, 0.15) is 23.6 Å². The van der Waals surface area contributed by atoms with Gasteiger partial charge in [0.15, 0.2) is 0 Å². The van der Waals surface area contributed by atoms with Gasteiger partial charge >= 0.3 is 5.97 Å². The van der Waals surface area contributed by atoms with Crippen molar-refractivity contribution in [2.45, 2.75) is 27.4 Å². The van der Waals surface area contributed by atoms with Crippen molar-refractivity contribution >= 4 is 17.6 Å². The van der Waals surface area contributed by atoms with E-state index in [1.54, 1.807) is 6.92 Å². The largest absolute Gasteiger partial charge is 0.463 e. The number of hydrogen-bond acceptors (Lipinski definition) is 4. The molecule has 0 aliphatic heterocycles. The van der Waals surface area contributed by atoms with E-state index < -0.39 is 11.9 Å². The first-order valence-electron chi connectivity index (χ1n) is 6.35. The smallest absolute Gasteiger partial charge is 0.330 e. The molecule has 0 unspecified atom stereocenters. The zero-order valence-electron chi connectivity index (χ0n) is 11.9. The predicted molar refractivity (Wildman–Crippen MR) is 76.2 cm³/mol. The molecule has 5 heteroatoms. The number of ether oxygens (including phenoxy) is 1. The molecule has 0 aromatic heterocycles. The van der Waals surface area contributed by atoms with Crippen LogP contribution in [-0.2, 0) is 20.9 Å². The second-order valence-electron chi connectivity index (χ2n) is 4.29. The Hall–Kier alpha value is -2.14. The molecule has 108 valence electrons. The molecule has 0 saturated carbocycles. The lowest BCUT2D eigenvalue weighted by atomic mass is 10.0. The molecule has 1 amide bonds. The maximum absolute atomic E-state index is 11.8. The van der Waals surface area contributed by atoms with Gasteiger partial charge in [0.25, 0.3) is 0 Å². The van der Waals surface area contributed by atoms with E-state index in [1.807, 2.05) is 26.0 Å². The summed E-state index contributed by atoms with van der Waals surface area (Å²) in [5, 5.41) is 12.1. The summed E-state index contributed by atoms with van der Waals surface area (Å²) in [6.45, 7) is 5.48. The van der Waals surface area contributed by atoms with E-state index in [4.69, 9.17) is 0 Å². The monoisotopic (exact) mass is 277 g/mol. The molecule has 1 rings (SSSR count). The first-order valence-corrected chi connectivity index (χ1v) is 6.35. The van der Waals surface area contributed by atoms with E-state index in [2.05, 4.69) is 10.1 Å². The minimum absolute atomic E-state index is 0.162. The lowest BCUT2D eigenvalue weighted by Gasteiger charge is -2.13. The summed E-state index contributed by atoms with van der Waals surface area (Å²) in [7, 11) is 0. The van der Waals surface area contributed by atoms with Crippen LogP contribution in [0.25, 0.3) is 0 Å². The quantitative estimate of drug-likeness (QED) is 0.636. The number of amides is 1.